The van der Waals surface area contributed by atoms with E-state index in [-0.39, 0.29) is 11.8 Å². The Morgan fingerprint density at radius 3 is 2.06 bits per heavy atom. The summed E-state index contributed by atoms with van der Waals surface area (Å²) >= 11 is 0. The van der Waals surface area contributed by atoms with E-state index in [1.54, 1.807) is 18.7 Å². The minimum absolute atomic E-state index is 0.102. The summed E-state index contributed by atoms with van der Waals surface area (Å²) in [6.45, 7) is 13.4. The molecule has 0 aliphatic heterocycles. The summed E-state index contributed by atoms with van der Waals surface area (Å²) in [4.78, 5) is 26.0. The summed E-state index contributed by atoms with van der Waals surface area (Å²) in [6, 6.07) is 0. The molecule has 0 rings (SSSR count). The molecule has 0 spiro atoms. The fourth-order valence-corrected chi connectivity index (χ4v) is 1.70. The Hall–Kier alpha value is -1.06. The summed E-state index contributed by atoms with van der Waals surface area (Å²) in [5, 5.41) is 2.85. The van der Waals surface area contributed by atoms with Crippen LogP contribution >= 0.6 is 0 Å². The van der Waals surface area contributed by atoms with Gasteiger partial charge in [0.15, 0.2) is 0 Å². The highest BCUT2D eigenvalue weighted by Crippen LogP contribution is 2.19. The first-order valence-electron chi connectivity index (χ1n) is 6.85. The smallest absolute Gasteiger partial charge is 0.237 e. The molecule has 0 aliphatic rings. The van der Waals surface area contributed by atoms with Gasteiger partial charge in [-0.05, 0) is 40.0 Å². The lowest BCUT2D eigenvalue weighted by molar-refractivity contribution is -0.148. The maximum atomic E-state index is 12.2. The molecule has 4 heteroatoms. The maximum Gasteiger partial charge on any atom is 0.237 e. The van der Waals surface area contributed by atoms with Crippen LogP contribution in [0.2, 0.25) is 0 Å². The molecule has 18 heavy (non-hydrogen) atoms. The second kappa shape index (κ2) is 7.39. The molecule has 0 aromatic rings. The van der Waals surface area contributed by atoms with Gasteiger partial charge in [-0.2, -0.15) is 0 Å². The number of hydrogen-bond acceptors (Lipinski definition) is 2. The van der Waals surface area contributed by atoms with Gasteiger partial charge in [-0.3, -0.25) is 9.59 Å². The van der Waals surface area contributed by atoms with E-state index in [1.165, 1.54) is 0 Å². The molecule has 1 N–H and O–H groups in total. The summed E-state index contributed by atoms with van der Waals surface area (Å²) in [5.74, 6) is 0.265. The van der Waals surface area contributed by atoms with Gasteiger partial charge in [0.1, 0.15) is 5.41 Å². The van der Waals surface area contributed by atoms with Gasteiger partial charge in [-0.15, -0.1) is 0 Å². The number of amides is 2. The van der Waals surface area contributed by atoms with Crippen LogP contribution in [-0.2, 0) is 9.59 Å². The van der Waals surface area contributed by atoms with Crippen molar-refractivity contribution in [3.8, 4) is 0 Å². The Labute approximate surface area is 111 Å². The van der Waals surface area contributed by atoms with Gasteiger partial charge in [0.25, 0.3) is 0 Å². The van der Waals surface area contributed by atoms with E-state index in [0.29, 0.717) is 25.6 Å². The Kier molecular flexibility index (Phi) is 6.96. The molecule has 0 heterocycles. The van der Waals surface area contributed by atoms with Gasteiger partial charge in [-0.1, -0.05) is 13.8 Å². The number of nitrogens with zero attached hydrogens (tertiary/aromatic N) is 1. The summed E-state index contributed by atoms with van der Waals surface area (Å²) < 4.78 is 0. The molecule has 0 unspecified atom stereocenters. The van der Waals surface area contributed by atoms with E-state index in [2.05, 4.69) is 19.2 Å². The van der Waals surface area contributed by atoms with E-state index in [4.69, 9.17) is 0 Å². The van der Waals surface area contributed by atoms with Crippen molar-refractivity contribution in [1.29, 1.82) is 0 Å². The van der Waals surface area contributed by atoms with Gasteiger partial charge in [0, 0.05) is 19.6 Å². The predicted molar refractivity (Wildman–Crippen MR) is 74.2 cm³/mol. The Balaban J connectivity index is 4.51. The third-order valence-electron chi connectivity index (χ3n) is 3.16. The molecule has 0 atom stereocenters. The number of carbonyl (C=O) groups excluding carboxylic acids is 2. The van der Waals surface area contributed by atoms with Crippen LogP contribution in [0.15, 0.2) is 0 Å². The fraction of sp³-hybridized carbons (Fsp3) is 0.857. The Bertz CT molecular complexity index is 282. The molecule has 0 fully saturated rings. The molecule has 2 amide bonds. The molecule has 0 aromatic heterocycles. The van der Waals surface area contributed by atoms with Crippen molar-refractivity contribution in [2.24, 2.45) is 11.3 Å². The minimum atomic E-state index is -0.983. The molecule has 0 bridgehead atoms. The summed E-state index contributed by atoms with van der Waals surface area (Å²) in [7, 11) is 0. The zero-order valence-electron chi connectivity index (χ0n) is 12.7. The Morgan fingerprint density at radius 1 is 1.17 bits per heavy atom. The van der Waals surface area contributed by atoms with Crippen molar-refractivity contribution in [2.75, 3.05) is 19.6 Å². The highest BCUT2D eigenvalue weighted by Gasteiger charge is 2.38. The monoisotopic (exact) mass is 256 g/mol. The van der Waals surface area contributed by atoms with Crippen molar-refractivity contribution in [2.45, 2.75) is 48.0 Å². The highest BCUT2D eigenvalue weighted by atomic mass is 16.2. The summed E-state index contributed by atoms with van der Waals surface area (Å²) in [6.07, 6.45) is 0.932. The quantitative estimate of drug-likeness (QED) is 0.709. The van der Waals surface area contributed by atoms with Crippen molar-refractivity contribution in [3.63, 3.8) is 0 Å². The van der Waals surface area contributed by atoms with E-state index >= 15 is 0 Å². The molecule has 0 radical (unpaired) electrons. The molecule has 0 aromatic carbocycles. The van der Waals surface area contributed by atoms with Crippen LogP contribution in [0, 0.1) is 11.3 Å². The highest BCUT2D eigenvalue weighted by molar-refractivity contribution is 6.04. The van der Waals surface area contributed by atoms with Crippen LogP contribution in [0.3, 0.4) is 0 Å². The second-order valence-electron chi connectivity index (χ2n) is 5.54. The van der Waals surface area contributed by atoms with E-state index in [1.807, 2.05) is 13.8 Å². The van der Waals surface area contributed by atoms with Gasteiger partial charge in [0.2, 0.25) is 11.8 Å². The van der Waals surface area contributed by atoms with Crippen LogP contribution in [0.5, 0.6) is 0 Å². The third kappa shape index (κ3) is 4.67. The zero-order valence-corrected chi connectivity index (χ0v) is 12.7. The van der Waals surface area contributed by atoms with Gasteiger partial charge < -0.3 is 10.2 Å². The van der Waals surface area contributed by atoms with Gasteiger partial charge in [-0.25, -0.2) is 0 Å². The lowest BCUT2D eigenvalue weighted by Gasteiger charge is -2.29. The number of nitrogens with one attached hydrogen (secondary N) is 1. The van der Waals surface area contributed by atoms with Crippen LogP contribution in [0.1, 0.15) is 48.0 Å². The first-order chi connectivity index (χ1) is 8.27. The van der Waals surface area contributed by atoms with E-state index < -0.39 is 5.41 Å². The molecule has 0 saturated heterocycles. The molecule has 0 saturated carbocycles. The van der Waals surface area contributed by atoms with Gasteiger partial charge in [0.05, 0.1) is 0 Å². The average Bonchev–Trinajstić information content (AvgIpc) is 2.29. The average molecular weight is 256 g/mol. The lowest BCUT2D eigenvalue weighted by atomic mass is 9.90. The third-order valence-corrected chi connectivity index (χ3v) is 3.16. The van der Waals surface area contributed by atoms with Crippen molar-refractivity contribution in [3.05, 3.63) is 0 Å². The molecule has 4 nitrogen and oxygen atoms in total. The lowest BCUT2D eigenvalue weighted by Crippen LogP contribution is -2.49. The molecule has 0 aliphatic carbocycles. The maximum absolute atomic E-state index is 12.2. The minimum Gasteiger partial charge on any atom is -0.355 e. The van der Waals surface area contributed by atoms with Crippen LogP contribution < -0.4 is 5.32 Å². The van der Waals surface area contributed by atoms with Crippen LogP contribution in [0.25, 0.3) is 0 Å². The molecular weight excluding hydrogens is 228 g/mol. The SMILES string of the molecule is CCN(CC)C(=O)C(C)(C)C(=O)NCCC(C)C. The van der Waals surface area contributed by atoms with E-state index in [0.717, 1.165) is 6.42 Å². The number of rotatable bonds is 7. The van der Waals surface area contributed by atoms with Gasteiger partial charge >= 0.3 is 0 Å². The number of hydrogen-bond donors (Lipinski definition) is 1. The van der Waals surface area contributed by atoms with Crippen LogP contribution in [-0.4, -0.2) is 36.3 Å². The standard InChI is InChI=1S/C14H28N2O2/c1-7-16(8-2)13(18)14(5,6)12(17)15-10-9-11(3)4/h11H,7-10H2,1-6H3,(H,15,17). The molecule has 106 valence electrons. The normalized spacial score (nSPS) is 11.5. The van der Waals surface area contributed by atoms with Crippen LogP contribution in [0.4, 0.5) is 0 Å². The largest absolute Gasteiger partial charge is 0.355 e. The van der Waals surface area contributed by atoms with Crippen molar-refractivity contribution < 1.29 is 9.59 Å². The first kappa shape index (κ1) is 16.9. The topological polar surface area (TPSA) is 49.4 Å². The van der Waals surface area contributed by atoms with Crippen molar-refractivity contribution in [1.82, 2.24) is 10.2 Å². The van der Waals surface area contributed by atoms with Crippen molar-refractivity contribution >= 4 is 11.8 Å². The summed E-state index contributed by atoms with van der Waals surface area (Å²) in [5.41, 5.74) is -0.983. The second-order valence-corrected chi connectivity index (χ2v) is 5.54. The van der Waals surface area contributed by atoms with E-state index in [9.17, 15) is 9.59 Å². The first-order valence-corrected chi connectivity index (χ1v) is 6.85. The zero-order chi connectivity index (χ0) is 14.3. The predicted octanol–water partition coefficient (Wildman–Crippen LogP) is 2.04. The molecular formula is C14H28N2O2. The number of carbonyl (C=O) groups is 2. The Morgan fingerprint density at radius 2 is 1.67 bits per heavy atom. The fourth-order valence-electron chi connectivity index (χ4n) is 1.70.